The van der Waals surface area contributed by atoms with E-state index in [9.17, 15) is 4.79 Å². The number of carbonyl (C=O) groups is 1. The highest BCUT2D eigenvalue weighted by molar-refractivity contribution is 5.91. The number of rotatable bonds is 12. The van der Waals surface area contributed by atoms with E-state index in [0.717, 1.165) is 52.3 Å². The quantitative estimate of drug-likeness (QED) is 0.0747. The number of ether oxygens (including phenoxy) is 3. The van der Waals surface area contributed by atoms with Gasteiger partial charge in [-0.2, -0.15) is 0 Å². The zero-order valence-corrected chi connectivity index (χ0v) is 30.2. The van der Waals surface area contributed by atoms with Crippen molar-refractivity contribution in [3.63, 3.8) is 0 Å². The average molecular weight is 678 g/mol. The first kappa shape index (κ1) is 34.2. The fraction of sp³-hybridized carbons (Fsp3) is 0.283. The molecule has 5 aromatic carbocycles. The lowest BCUT2D eigenvalue weighted by molar-refractivity contribution is 0.0582. The smallest absolute Gasteiger partial charge is 0.343 e. The van der Waals surface area contributed by atoms with E-state index in [1.165, 1.54) is 43.4 Å². The molecule has 260 valence electrons. The molecule has 0 radical (unpaired) electrons. The Labute approximate surface area is 302 Å². The first-order valence-electron chi connectivity index (χ1n) is 18.3. The Morgan fingerprint density at radius 3 is 2.02 bits per heavy atom. The molecule has 0 N–H and O–H groups in total. The Bertz CT molecular complexity index is 2010. The molecule has 2 heterocycles. The maximum absolute atomic E-state index is 13.0. The number of fused-ring (bicyclic) bond motifs is 2. The summed E-state index contributed by atoms with van der Waals surface area (Å²) in [6.07, 6.45) is 11.9. The van der Waals surface area contributed by atoms with Crippen LogP contribution in [0.4, 0.5) is 5.69 Å². The number of esters is 1. The second-order valence-corrected chi connectivity index (χ2v) is 14.2. The summed E-state index contributed by atoms with van der Waals surface area (Å²) in [7, 11) is 2.11. The van der Waals surface area contributed by atoms with Crippen molar-refractivity contribution < 1.29 is 19.0 Å². The van der Waals surface area contributed by atoms with Crippen molar-refractivity contribution in [1.82, 2.24) is 0 Å². The Hall–Kier alpha value is -5.29. The van der Waals surface area contributed by atoms with Gasteiger partial charge in [0.05, 0.1) is 17.6 Å². The van der Waals surface area contributed by atoms with Gasteiger partial charge < -0.3 is 19.1 Å². The molecule has 2 aliphatic heterocycles. The number of para-hydroxylation sites is 1. The number of anilines is 1. The first-order chi connectivity index (χ1) is 24.8. The second kappa shape index (κ2) is 14.5. The maximum atomic E-state index is 13.0. The predicted molar refractivity (Wildman–Crippen MR) is 208 cm³/mol. The zero-order chi connectivity index (χ0) is 35.4. The molecule has 5 aromatic rings. The highest BCUT2D eigenvalue weighted by atomic mass is 16.5. The summed E-state index contributed by atoms with van der Waals surface area (Å²) in [5.41, 5.74) is 7.34. The van der Waals surface area contributed by atoms with Crippen LogP contribution in [0.25, 0.3) is 28.3 Å². The number of benzene rings is 5. The Balaban J connectivity index is 0.946. The molecule has 51 heavy (non-hydrogen) atoms. The van der Waals surface area contributed by atoms with Gasteiger partial charge in [-0.15, -0.1) is 0 Å². The molecule has 0 aliphatic carbocycles. The first-order valence-corrected chi connectivity index (χ1v) is 18.3. The normalized spacial score (nSPS) is 16.7. The van der Waals surface area contributed by atoms with Crippen LogP contribution >= 0.6 is 0 Å². The van der Waals surface area contributed by atoms with E-state index in [1.54, 1.807) is 0 Å². The summed E-state index contributed by atoms with van der Waals surface area (Å²) in [6, 6.07) is 38.1. The van der Waals surface area contributed by atoms with Gasteiger partial charge in [0, 0.05) is 18.3 Å². The molecule has 5 heteroatoms. The van der Waals surface area contributed by atoms with E-state index in [2.05, 4.69) is 99.5 Å². The zero-order valence-electron chi connectivity index (χ0n) is 30.2. The molecule has 0 amide bonds. The predicted octanol–water partition coefficient (Wildman–Crippen LogP) is 11.5. The monoisotopic (exact) mass is 677 g/mol. The maximum Gasteiger partial charge on any atom is 0.343 e. The van der Waals surface area contributed by atoms with Gasteiger partial charge in [-0.05, 0) is 115 Å². The topological polar surface area (TPSA) is 48.0 Å². The van der Waals surface area contributed by atoms with Crippen LogP contribution in [0, 0.1) is 0 Å². The van der Waals surface area contributed by atoms with Crippen molar-refractivity contribution in [2.75, 3.05) is 18.6 Å². The van der Waals surface area contributed by atoms with Crippen LogP contribution in [-0.4, -0.2) is 25.3 Å². The molecule has 1 atom stereocenters. The molecular weight excluding hydrogens is 631 g/mol. The third-order valence-electron chi connectivity index (χ3n) is 10.6. The van der Waals surface area contributed by atoms with E-state index in [-0.39, 0.29) is 11.4 Å². The Morgan fingerprint density at radius 2 is 1.31 bits per heavy atom. The molecule has 2 aliphatic rings. The molecule has 0 saturated carbocycles. The molecule has 0 aromatic heterocycles. The number of unbranched alkanes of at least 4 members (excludes halogenated alkanes) is 5. The number of likely N-dealkylation sites (N-methyl/N-ethyl adjacent to an activating group) is 1. The summed E-state index contributed by atoms with van der Waals surface area (Å²) in [5, 5.41) is 0. The van der Waals surface area contributed by atoms with E-state index >= 15 is 0 Å². The minimum atomic E-state index is -0.607. The molecular formula is C46H47NO4. The Morgan fingerprint density at radius 1 is 0.706 bits per heavy atom. The number of hydrogen-bond acceptors (Lipinski definition) is 5. The lowest BCUT2D eigenvalue weighted by Gasteiger charge is -2.45. The summed E-state index contributed by atoms with van der Waals surface area (Å²) < 4.78 is 18.5. The fourth-order valence-electron chi connectivity index (χ4n) is 7.45. The minimum Gasteiger partial charge on any atom is -0.494 e. The van der Waals surface area contributed by atoms with Crippen LogP contribution in [0.15, 0.2) is 121 Å². The average Bonchev–Trinajstić information content (AvgIpc) is 3.32. The van der Waals surface area contributed by atoms with Crippen LogP contribution < -0.4 is 19.1 Å². The largest absolute Gasteiger partial charge is 0.494 e. The highest BCUT2D eigenvalue weighted by Crippen LogP contribution is 2.54. The third-order valence-corrected chi connectivity index (χ3v) is 10.6. The highest BCUT2D eigenvalue weighted by Gasteiger charge is 2.57. The van der Waals surface area contributed by atoms with Crippen LogP contribution in [-0.2, 0) is 5.41 Å². The van der Waals surface area contributed by atoms with Gasteiger partial charge in [0.2, 0.25) is 5.72 Å². The van der Waals surface area contributed by atoms with Crippen molar-refractivity contribution in [1.29, 1.82) is 0 Å². The minimum absolute atomic E-state index is 0.241. The SMILES string of the molecule is CCCCCCCCOc1ccc(-c2ccc(C(=O)Oc3ccc(-c4ccc5c(c4)C=CC4(O5)N(C)c5ccccc5C4(C)C)cc3)cc2)cc1. The second-order valence-electron chi connectivity index (χ2n) is 14.2. The van der Waals surface area contributed by atoms with Gasteiger partial charge in [-0.25, -0.2) is 4.79 Å². The van der Waals surface area contributed by atoms with Gasteiger partial charge in [-0.1, -0.05) is 99.7 Å². The standard InChI is InChI=1S/C46H47NO4/c1-5-6-7-8-9-12-31-49-39-24-19-34(20-25-39)33-15-17-36(18-16-33)44(48)50-40-26-21-35(22-27-40)37-23-28-43-38(32-37)29-30-46(51-43)45(2,3)41-13-10-11-14-42(41)47(46)4/h10-11,13-30,32H,5-9,12,31H2,1-4H3. The molecule has 0 fully saturated rings. The van der Waals surface area contributed by atoms with Crippen molar-refractivity contribution in [3.8, 4) is 39.5 Å². The van der Waals surface area contributed by atoms with Gasteiger partial charge in [0.1, 0.15) is 17.2 Å². The van der Waals surface area contributed by atoms with Gasteiger partial charge in [0.25, 0.3) is 0 Å². The lowest BCUT2D eigenvalue weighted by Crippen LogP contribution is -2.58. The van der Waals surface area contributed by atoms with E-state index in [1.807, 2.05) is 60.7 Å². The molecule has 0 saturated heterocycles. The van der Waals surface area contributed by atoms with Crippen molar-refractivity contribution >= 4 is 17.7 Å². The lowest BCUT2D eigenvalue weighted by atomic mass is 9.76. The summed E-state index contributed by atoms with van der Waals surface area (Å²) in [6.45, 7) is 7.48. The molecule has 1 spiro atoms. The molecule has 0 bridgehead atoms. The summed E-state index contributed by atoms with van der Waals surface area (Å²) >= 11 is 0. The van der Waals surface area contributed by atoms with E-state index in [0.29, 0.717) is 11.3 Å². The van der Waals surface area contributed by atoms with E-state index in [4.69, 9.17) is 14.2 Å². The van der Waals surface area contributed by atoms with Crippen LogP contribution in [0.3, 0.4) is 0 Å². The Kier molecular flexibility index (Phi) is 9.73. The van der Waals surface area contributed by atoms with Gasteiger partial charge >= 0.3 is 5.97 Å². The van der Waals surface area contributed by atoms with Crippen molar-refractivity contribution in [3.05, 3.63) is 138 Å². The van der Waals surface area contributed by atoms with Crippen LogP contribution in [0.1, 0.15) is 80.8 Å². The molecule has 7 rings (SSSR count). The van der Waals surface area contributed by atoms with Crippen LogP contribution in [0.2, 0.25) is 0 Å². The third kappa shape index (κ3) is 6.78. The molecule has 1 unspecified atom stereocenters. The summed E-state index contributed by atoms with van der Waals surface area (Å²) in [5.74, 6) is 1.85. The van der Waals surface area contributed by atoms with Gasteiger partial charge in [0.15, 0.2) is 0 Å². The molecule has 5 nitrogen and oxygen atoms in total. The number of nitrogens with zero attached hydrogens (tertiary/aromatic N) is 1. The van der Waals surface area contributed by atoms with E-state index < -0.39 is 5.72 Å². The number of carbonyl (C=O) groups excluding carboxylic acids is 1. The van der Waals surface area contributed by atoms with Crippen molar-refractivity contribution in [2.45, 2.75) is 70.4 Å². The fourth-order valence-corrected chi connectivity index (χ4v) is 7.45. The van der Waals surface area contributed by atoms with Crippen LogP contribution in [0.5, 0.6) is 17.2 Å². The summed E-state index contributed by atoms with van der Waals surface area (Å²) in [4.78, 5) is 15.3. The number of hydrogen-bond donors (Lipinski definition) is 0. The van der Waals surface area contributed by atoms with Crippen molar-refractivity contribution in [2.24, 2.45) is 0 Å². The van der Waals surface area contributed by atoms with Gasteiger partial charge in [-0.3, -0.25) is 0 Å².